The molecule has 0 spiro atoms. The molecule has 1 aromatic carbocycles. The van der Waals surface area contributed by atoms with Crippen molar-refractivity contribution in [3.8, 4) is 0 Å². The molecule has 1 heterocycles. The summed E-state index contributed by atoms with van der Waals surface area (Å²) in [5, 5.41) is 6.54. The molecule has 2 aromatic rings. The van der Waals surface area contributed by atoms with Crippen LogP contribution in [0.2, 0.25) is 5.02 Å². The molecule has 0 atom stereocenters. The lowest BCUT2D eigenvalue weighted by Crippen LogP contribution is -2.06. The van der Waals surface area contributed by atoms with Crippen molar-refractivity contribution in [1.29, 1.82) is 0 Å². The predicted molar refractivity (Wildman–Crippen MR) is 82.9 cm³/mol. The standard InChI is InChI=1S/C15H16ClFN4/c1-2-18-13-8-14(21-15(20-13)9-3-4-9)19-12-6-5-10(16)7-11(12)17/h5-9H,2-4H2,1H3,(H2,18,19,20,21). The predicted octanol–water partition coefficient (Wildman–Crippen LogP) is 4.32. The van der Waals surface area contributed by atoms with Crippen molar-refractivity contribution in [2.45, 2.75) is 25.7 Å². The molecule has 0 bridgehead atoms. The van der Waals surface area contributed by atoms with Crippen molar-refractivity contribution in [3.05, 3.63) is 40.9 Å². The summed E-state index contributed by atoms with van der Waals surface area (Å²) >= 11 is 5.76. The third kappa shape index (κ3) is 3.42. The molecule has 4 nitrogen and oxygen atoms in total. The molecule has 1 aliphatic carbocycles. The quantitative estimate of drug-likeness (QED) is 0.863. The Kier molecular flexibility index (Phi) is 3.92. The number of aromatic nitrogens is 2. The second-order valence-electron chi connectivity index (χ2n) is 5.05. The summed E-state index contributed by atoms with van der Waals surface area (Å²) in [6.45, 7) is 2.78. The minimum absolute atomic E-state index is 0.349. The van der Waals surface area contributed by atoms with Gasteiger partial charge < -0.3 is 10.6 Å². The van der Waals surface area contributed by atoms with Crippen molar-refractivity contribution in [2.24, 2.45) is 0 Å². The maximum atomic E-state index is 13.9. The van der Waals surface area contributed by atoms with E-state index in [9.17, 15) is 4.39 Å². The molecule has 2 N–H and O–H groups in total. The van der Waals surface area contributed by atoms with Crippen LogP contribution in [-0.2, 0) is 0 Å². The van der Waals surface area contributed by atoms with Crippen LogP contribution >= 0.6 is 11.6 Å². The Hall–Kier alpha value is -1.88. The van der Waals surface area contributed by atoms with Gasteiger partial charge in [-0.15, -0.1) is 0 Å². The van der Waals surface area contributed by atoms with E-state index in [1.54, 1.807) is 18.2 Å². The molecule has 0 unspecified atom stereocenters. The van der Waals surface area contributed by atoms with Crippen LogP contribution in [-0.4, -0.2) is 16.5 Å². The first-order valence-corrected chi connectivity index (χ1v) is 7.38. The SMILES string of the molecule is CCNc1cc(Nc2ccc(Cl)cc2F)nc(C2CC2)n1. The monoisotopic (exact) mass is 306 g/mol. The van der Waals surface area contributed by atoms with Crippen molar-refractivity contribution >= 4 is 28.9 Å². The van der Waals surface area contributed by atoms with E-state index in [1.165, 1.54) is 6.07 Å². The Labute approximate surface area is 127 Å². The smallest absolute Gasteiger partial charge is 0.148 e. The van der Waals surface area contributed by atoms with E-state index in [0.29, 0.717) is 22.4 Å². The molecule has 110 valence electrons. The highest BCUT2D eigenvalue weighted by Crippen LogP contribution is 2.39. The second kappa shape index (κ2) is 5.85. The van der Waals surface area contributed by atoms with Crippen molar-refractivity contribution in [1.82, 2.24) is 9.97 Å². The van der Waals surface area contributed by atoms with Gasteiger partial charge in [-0.3, -0.25) is 0 Å². The molecular weight excluding hydrogens is 291 g/mol. The third-order valence-electron chi connectivity index (χ3n) is 3.24. The van der Waals surface area contributed by atoms with Gasteiger partial charge in [0.25, 0.3) is 0 Å². The topological polar surface area (TPSA) is 49.8 Å². The van der Waals surface area contributed by atoms with E-state index in [1.807, 2.05) is 6.92 Å². The maximum Gasteiger partial charge on any atom is 0.148 e. The number of anilines is 3. The largest absolute Gasteiger partial charge is 0.370 e. The zero-order valence-electron chi connectivity index (χ0n) is 11.7. The highest BCUT2D eigenvalue weighted by Gasteiger charge is 2.27. The third-order valence-corrected chi connectivity index (χ3v) is 3.47. The average molecular weight is 307 g/mol. The van der Waals surface area contributed by atoms with Gasteiger partial charge in [0.15, 0.2) is 0 Å². The molecule has 0 saturated heterocycles. The van der Waals surface area contributed by atoms with Gasteiger partial charge in [0.1, 0.15) is 23.3 Å². The van der Waals surface area contributed by atoms with Crippen molar-refractivity contribution < 1.29 is 4.39 Å². The van der Waals surface area contributed by atoms with E-state index in [-0.39, 0.29) is 0 Å². The zero-order valence-corrected chi connectivity index (χ0v) is 12.4. The lowest BCUT2D eigenvalue weighted by Gasteiger charge is -2.11. The fourth-order valence-electron chi connectivity index (χ4n) is 2.05. The molecule has 1 aliphatic rings. The summed E-state index contributed by atoms with van der Waals surface area (Å²) < 4.78 is 13.9. The van der Waals surface area contributed by atoms with E-state index in [4.69, 9.17) is 11.6 Å². The van der Waals surface area contributed by atoms with E-state index < -0.39 is 5.82 Å². The summed E-state index contributed by atoms with van der Waals surface area (Å²) in [7, 11) is 0. The van der Waals surface area contributed by atoms with Crippen LogP contribution in [0.15, 0.2) is 24.3 Å². The first-order valence-electron chi connectivity index (χ1n) is 7.00. The highest BCUT2D eigenvalue weighted by molar-refractivity contribution is 6.30. The van der Waals surface area contributed by atoms with Crippen LogP contribution in [0.25, 0.3) is 0 Å². The second-order valence-corrected chi connectivity index (χ2v) is 5.49. The minimum Gasteiger partial charge on any atom is -0.370 e. The Morgan fingerprint density at radius 3 is 2.67 bits per heavy atom. The number of benzene rings is 1. The molecule has 6 heteroatoms. The lowest BCUT2D eigenvalue weighted by atomic mass is 10.3. The van der Waals surface area contributed by atoms with Crippen LogP contribution in [0.1, 0.15) is 31.5 Å². The van der Waals surface area contributed by atoms with Gasteiger partial charge >= 0.3 is 0 Å². The maximum absolute atomic E-state index is 13.9. The molecule has 0 radical (unpaired) electrons. The van der Waals surface area contributed by atoms with Crippen LogP contribution < -0.4 is 10.6 Å². The van der Waals surface area contributed by atoms with Gasteiger partial charge in [-0.05, 0) is 38.0 Å². The summed E-state index contributed by atoms with van der Waals surface area (Å²) in [6.07, 6.45) is 2.23. The van der Waals surface area contributed by atoms with Crippen LogP contribution in [0, 0.1) is 5.82 Å². The van der Waals surface area contributed by atoms with Crippen molar-refractivity contribution in [2.75, 3.05) is 17.2 Å². The normalized spacial score (nSPS) is 14.0. The zero-order chi connectivity index (χ0) is 14.8. The summed E-state index contributed by atoms with van der Waals surface area (Å²) in [5.74, 6) is 2.18. The first-order chi connectivity index (χ1) is 10.2. The average Bonchev–Trinajstić information content (AvgIpc) is 3.27. The van der Waals surface area contributed by atoms with Crippen molar-refractivity contribution in [3.63, 3.8) is 0 Å². The Morgan fingerprint density at radius 2 is 2.00 bits per heavy atom. The molecule has 3 rings (SSSR count). The molecule has 1 fully saturated rings. The molecule has 1 saturated carbocycles. The number of halogens is 2. The van der Waals surface area contributed by atoms with Gasteiger partial charge in [-0.2, -0.15) is 0 Å². The molecule has 0 amide bonds. The van der Waals surface area contributed by atoms with Gasteiger partial charge in [-0.1, -0.05) is 11.6 Å². The minimum atomic E-state index is -0.404. The first kappa shape index (κ1) is 14.1. The van der Waals surface area contributed by atoms with E-state index in [0.717, 1.165) is 31.0 Å². The van der Waals surface area contributed by atoms with E-state index >= 15 is 0 Å². The van der Waals surface area contributed by atoms with Gasteiger partial charge in [0, 0.05) is 23.6 Å². The molecule has 21 heavy (non-hydrogen) atoms. The Morgan fingerprint density at radius 1 is 1.24 bits per heavy atom. The number of nitrogens with one attached hydrogen (secondary N) is 2. The van der Waals surface area contributed by atoms with Crippen LogP contribution in [0.5, 0.6) is 0 Å². The molecule has 1 aromatic heterocycles. The highest BCUT2D eigenvalue weighted by atomic mass is 35.5. The van der Waals surface area contributed by atoms with Crippen LogP contribution in [0.3, 0.4) is 0 Å². The number of hydrogen-bond donors (Lipinski definition) is 2. The van der Waals surface area contributed by atoms with Gasteiger partial charge in [0.2, 0.25) is 0 Å². The Bertz CT molecular complexity index is 658. The molecule has 0 aliphatic heterocycles. The summed E-state index contributed by atoms with van der Waals surface area (Å²) in [6, 6.07) is 6.30. The lowest BCUT2D eigenvalue weighted by molar-refractivity contribution is 0.632. The summed E-state index contributed by atoms with van der Waals surface area (Å²) in [4.78, 5) is 8.96. The number of hydrogen-bond acceptors (Lipinski definition) is 4. The fourth-order valence-corrected chi connectivity index (χ4v) is 2.21. The fraction of sp³-hybridized carbons (Fsp3) is 0.333. The molecular formula is C15H16ClFN4. The van der Waals surface area contributed by atoms with Gasteiger partial charge in [0.05, 0.1) is 5.69 Å². The Balaban J connectivity index is 1.89. The summed E-state index contributed by atoms with van der Waals surface area (Å²) in [5.41, 5.74) is 0.349. The van der Waals surface area contributed by atoms with Gasteiger partial charge in [-0.25, -0.2) is 14.4 Å². The van der Waals surface area contributed by atoms with E-state index in [2.05, 4.69) is 20.6 Å². The number of nitrogens with zero attached hydrogens (tertiary/aromatic N) is 2. The van der Waals surface area contributed by atoms with Crippen LogP contribution in [0.4, 0.5) is 21.7 Å². The number of rotatable bonds is 5.